The van der Waals surface area contributed by atoms with Gasteiger partial charge in [0.2, 0.25) is 5.75 Å². The lowest BCUT2D eigenvalue weighted by Gasteiger charge is -2.16. The largest absolute Gasteiger partial charge is 0.493 e. The van der Waals surface area contributed by atoms with Gasteiger partial charge in [-0.15, -0.1) is 0 Å². The minimum absolute atomic E-state index is 0.201. The van der Waals surface area contributed by atoms with Crippen LogP contribution in [0.1, 0.15) is 5.56 Å². The van der Waals surface area contributed by atoms with E-state index in [9.17, 15) is 9.18 Å². The number of hydrogen-bond acceptors (Lipinski definition) is 4. The van der Waals surface area contributed by atoms with Gasteiger partial charge in [0.1, 0.15) is 5.82 Å². The predicted molar refractivity (Wildman–Crippen MR) is 102 cm³/mol. The minimum atomic E-state index is -0.311. The molecule has 0 unspecified atom stereocenters. The summed E-state index contributed by atoms with van der Waals surface area (Å²) >= 11 is 0. The molecule has 0 aliphatic carbocycles. The Labute approximate surface area is 156 Å². The number of pyridine rings is 1. The van der Waals surface area contributed by atoms with E-state index in [1.165, 1.54) is 38.0 Å². The van der Waals surface area contributed by atoms with Gasteiger partial charge in [-0.05, 0) is 30.2 Å². The summed E-state index contributed by atoms with van der Waals surface area (Å²) in [5.74, 6) is 1.03. The highest BCUT2D eigenvalue weighted by molar-refractivity contribution is 5.67. The molecular formula is C21H20FNO4. The molecule has 0 saturated heterocycles. The molecule has 2 aromatic carbocycles. The summed E-state index contributed by atoms with van der Waals surface area (Å²) < 4.78 is 30.8. The van der Waals surface area contributed by atoms with Gasteiger partial charge in [-0.2, -0.15) is 0 Å². The highest BCUT2D eigenvalue weighted by atomic mass is 19.1. The number of hydrogen-bond donors (Lipinski definition) is 0. The van der Waals surface area contributed by atoms with Crippen molar-refractivity contribution in [3.05, 3.63) is 70.4 Å². The average Bonchev–Trinajstić information content (AvgIpc) is 2.67. The third-order valence-corrected chi connectivity index (χ3v) is 4.34. The number of nitrogens with zero attached hydrogens (tertiary/aromatic N) is 1. The van der Waals surface area contributed by atoms with Crippen LogP contribution in [0.5, 0.6) is 17.2 Å². The van der Waals surface area contributed by atoms with Crippen molar-refractivity contribution >= 4 is 0 Å². The molecule has 0 aliphatic heterocycles. The highest BCUT2D eigenvalue weighted by Crippen LogP contribution is 2.39. The molecule has 5 nitrogen and oxygen atoms in total. The zero-order valence-corrected chi connectivity index (χ0v) is 15.6. The Morgan fingerprint density at radius 3 is 2.00 bits per heavy atom. The standard InChI is InChI=1S/C21H20FNO4/c1-13-9-20(24)23(12-17(13)14-5-7-15(22)8-6-14)16-10-18(25-2)21(27-4)19(11-16)26-3/h5-12H,1-4H3. The molecule has 0 bridgehead atoms. The molecule has 0 atom stereocenters. The van der Waals surface area contributed by atoms with Crippen LogP contribution in [0.15, 0.2) is 53.5 Å². The molecule has 1 aromatic heterocycles. The summed E-state index contributed by atoms with van der Waals surface area (Å²) in [7, 11) is 4.55. The van der Waals surface area contributed by atoms with E-state index in [2.05, 4.69) is 0 Å². The number of halogens is 1. The third kappa shape index (κ3) is 3.51. The molecule has 3 rings (SSSR count). The molecule has 0 N–H and O–H groups in total. The van der Waals surface area contributed by atoms with E-state index in [0.29, 0.717) is 22.9 Å². The first-order chi connectivity index (χ1) is 13.0. The zero-order valence-electron chi connectivity index (χ0n) is 15.6. The van der Waals surface area contributed by atoms with Crippen molar-refractivity contribution in [2.75, 3.05) is 21.3 Å². The number of aryl methyl sites for hydroxylation is 1. The summed E-state index contributed by atoms with van der Waals surface area (Å²) in [5.41, 5.74) is 2.80. The van der Waals surface area contributed by atoms with Crippen LogP contribution in [-0.2, 0) is 0 Å². The van der Waals surface area contributed by atoms with Crippen molar-refractivity contribution in [1.29, 1.82) is 0 Å². The van der Waals surface area contributed by atoms with E-state index in [4.69, 9.17) is 14.2 Å². The van der Waals surface area contributed by atoms with E-state index >= 15 is 0 Å². The SMILES string of the molecule is COc1cc(-n2cc(-c3ccc(F)cc3)c(C)cc2=O)cc(OC)c1OC. The lowest BCUT2D eigenvalue weighted by Crippen LogP contribution is -2.18. The lowest BCUT2D eigenvalue weighted by atomic mass is 10.0. The van der Waals surface area contributed by atoms with Crippen LogP contribution in [0, 0.1) is 12.7 Å². The summed E-state index contributed by atoms with van der Waals surface area (Å²) in [6, 6.07) is 11.1. The van der Waals surface area contributed by atoms with Gasteiger partial charge in [0, 0.05) is 30.0 Å². The van der Waals surface area contributed by atoms with E-state index < -0.39 is 0 Å². The molecule has 0 saturated carbocycles. The van der Waals surface area contributed by atoms with Crippen LogP contribution >= 0.6 is 0 Å². The van der Waals surface area contributed by atoms with E-state index in [-0.39, 0.29) is 11.4 Å². The molecule has 27 heavy (non-hydrogen) atoms. The highest BCUT2D eigenvalue weighted by Gasteiger charge is 2.16. The molecule has 0 aliphatic rings. The minimum Gasteiger partial charge on any atom is -0.493 e. The lowest BCUT2D eigenvalue weighted by molar-refractivity contribution is 0.324. The van der Waals surface area contributed by atoms with Crippen molar-refractivity contribution in [2.24, 2.45) is 0 Å². The summed E-state index contributed by atoms with van der Waals surface area (Å²) in [6.07, 6.45) is 1.73. The van der Waals surface area contributed by atoms with Gasteiger partial charge in [0.05, 0.1) is 27.0 Å². The van der Waals surface area contributed by atoms with E-state index in [0.717, 1.165) is 16.7 Å². The Bertz CT molecular complexity index is 1000. The number of methoxy groups -OCH3 is 3. The molecule has 3 aromatic rings. The Morgan fingerprint density at radius 1 is 0.889 bits per heavy atom. The summed E-state index contributed by atoms with van der Waals surface area (Å²) in [6.45, 7) is 1.85. The number of aromatic nitrogens is 1. The van der Waals surface area contributed by atoms with Gasteiger partial charge < -0.3 is 14.2 Å². The van der Waals surface area contributed by atoms with Gasteiger partial charge in [0.15, 0.2) is 11.5 Å². The van der Waals surface area contributed by atoms with E-state index in [1.54, 1.807) is 36.5 Å². The van der Waals surface area contributed by atoms with Crippen molar-refractivity contribution in [2.45, 2.75) is 6.92 Å². The zero-order chi connectivity index (χ0) is 19.6. The van der Waals surface area contributed by atoms with Crippen LogP contribution in [0.2, 0.25) is 0 Å². The van der Waals surface area contributed by atoms with Gasteiger partial charge in [-0.3, -0.25) is 9.36 Å². The fourth-order valence-electron chi connectivity index (χ4n) is 2.97. The summed E-state index contributed by atoms with van der Waals surface area (Å²) in [4.78, 5) is 12.6. The first kappa shape index (κ1) is 18.5. The second-order valence-corrected chi connectivity index (χ2v) is 5.97. The normalized spacial score (nSPS) is 10.6. The van der Waals surface area contributed by atoms with E-state index in [1.807, 2.05) is 6.92 Å². The fraction of sp³-hybridized carbons (Fsp3) is 0.190. The molecule has 0 radical (unpaired) electrons. The predicted octanol–water partition coefficient (Wildman–Crippen LogP) is 3.98. The van der Waals surface area contributed by atoms with Crippen LogP contribution in [0.25, 0.3) is 16.8 Å². The van der Waals surface area contributed by atoms with Crippen LogP contribution in [-0.4, -0.2) is 25.9 Å². The van der Waals surface area contributed by atoms with Crippen LogP contribution < -0.4 is 19.8 Å². The Hall–Kier alpha value is -3.28. The van der Waals surface area contributed by atoms with Gasteiger partial charge in [0.25, 0.3) is 5.56 Å². The number of benzene rings is 2. The van der Waals surface area contributed by atoms with Crippen molar-refractivity contribution in [3.8, 4) is 34.1 Å². The molecule has 0 fully saturated rings. The Morgan fingerprint density at radius 2 is 1.48 bits per heavy atom. The Kier molecular flexibility index (Phi) is 5.16. The average molecular weight is 369 g/mol. The van der Waals surface area contributed by atoms with Crippen LogP contribution in [0.4, 0.5) is 4.39 Å². The second-order valence-electron chi connectivity index (χ2n) is 5.97. The summed E-state index contributed by atoms with van der Waals surface area (Å²) in [5, 5.41) is 0. The van der Waals surface area contributed by atoms with Crippen LogP contribution in [0.3, 0.4) is 0 Å². The fourth-order valence-corrected chi connectivity index (χ4v) is 2.97. The smallest absolute Gasteiger partial charge is 0.255 e. The van der Waals surface area contributed by atoms with Gasteiger partial charge in [-0.25, -0.2) is 4.39 Å². The second kappa shape index (κ2) is 7.53. The maximum Gasteiger partial charge on any atom is 0.255 e. The van der Waals surface area contributed by atoms with Crippen molar-refractivity contribution in [3.63, 3.8) is 0 Å². The molecule has 140 valence electrons. The first-order valence-electron chi connectivity index (χ1n) is 8.28. The quantitative estimate of drug-likeness (QED) is 0.683. The first-order valence-corrected chi connectivity index (χ1v) is 8.28. The third-order valence-electron chi connectivity index (χ3n) is 4.34. The van der Waals surface area contributed by atoms with Gasteiger partial charge in [-0.1, -0.05) is 12.1 Å². The molecule has 1 heterocycles. The van der Waals surface area contributed by atoms with Crippen molar-refractivity contribution < 1.29 is 18.6 Å². The molecule has 6 heteroatoms. The monoisotopic (exact) mass is 369 g/mol. The molecular weight excluding hydrogens is 349 g/mol. The maximum atomic E-state index is 13.3. The Balaban J connectivity index is 2.21. The van der Waals surface area contributed by atoms with Gasteiger partial charge >= 0.3 is 0 Å². The molecule has 0 amide bonds. The molecule has 0 spiro atoms. The number of rotatable bonds is 5. The maximum absolute atomic E-state index is 13.3. The topological polar surface area (TPSA) is 49.7 Å². The van der Waals surface area contributed by atoms with Crippen molar-refractivity contribution in [1.82, 2.24) is 4.57 Å². The number of ether oxygens (including phenoxy) is 3.